The number of anilines is 1. The molecule has 3 aromatic rings. The lowest BCUT2D eigenvalue weighted by molar-refractivity contribution is -0.117. The normalized spacial score (nSPS) is 13.1. The highest BCUT2D eigenvalue weighted by Gasteiger charge is 2.13. The monoisotopic (exact) mass is 385 g/mol. The van der Waals surface area contributed by atoms with E-state index < -0.39 is 0 Å². The number of hydrogen-bond donors (Lipinski definition) is 1. The van der Waals surface area contributed by atoms with Gasteiger partial charge in [-0.1, -0.05) is 11.6 Å². The van der Waals surface area contributed by atoms with Gasteiger partial charge in [-0.05, 0) is 41.6 Å². The lowest BCUT2D eigenvalue weighted by Gasteiger charge is -2.10. The molecular formula is C18H16ClN5O3. The van der Waals surface area contributed by atoms with Gasteiger partial charge in [0, 0.05) is 28.8 Å². The van der Waals surface area contributed by atoms with Crippen LogP contribution in [0.5, 0.6) is 11.5 Å². The molecule has 9 heteroatoms. The number of benzene rings is 2. The Balaban J connectivity index is 1.41. The maximum Gasteiger partial charge on any atom is 0.248 e. The van der Waals surface area contributed by atoms with Crippen LogP contribution in [0.2, 0.25) is 5.02 Å². The maximum atomic E-state index is 12.3. The van der Waals surface area contributed by atoms with Gasteiger partial charge >= 0.3 is 0 Å². The van der Waals surface area contributed by atoms with Crippen molar-refractivity contribution in [1.29, 1.82) is 0 Å². The minimum Gasteiger partial charge on any atom is -0.490 e. The predicted octanol–water partition coefficient (Wildman–Crippen LogP) is 2.79. The minimum atomic E-state index is -0.274. The molecule has 2 heterocycles. The third kappa shape index (κ3) is 4.17. The van der Waals surface area contributed by atoms with Crippen LogP contribution in [0.25, 0.3) is 11.4 Å². The van der Waals surface area contributed by atoms with Crippen molar-refractivity contribution >= 4 is 23.2 Å². The number of amides is 1. The van der Waals surface area contributed by atoms with Crippen LogP contribution < -0.4 is 14.8 Å². The van der Waals surface area contributed by atoms with E-state index in [-0.39, 0.29) is 12.5 Å². The molecule has 1 aromatic heterocycles. The third-order valence-electron chi connectivity index (χ3n) is 3.87. The topological polar surface area (TPSA) is 91.2 Å². The summed E-state index contributed by atoms with van der Waals surface area (Å²) in [6.07, 6.45) is 0.824. The van der Waals surface area contributed by atoms with Gasteiger partial charge in [0.05, 0.1) is 13.2 Å². The number of nitrogens with one attached hydrogen (secondary N) is 1. The Morgan fingerprint density at radius 1 is 1.11 bits per heavy atom. The zero-order chi connectivity index (χ0) is 18.6. The zero-order valence-electron chi connectivity index (χ0n) is 14.3. The highest BCUT2D eigenvalue weighted by molar-refractivity contribution is 6.30. The van der Waals surface area contributed by atoms with Crippen LogP contribution in [-0.2, 0) is 11.3 Å². The molecule has 1 amide bonds. The van der Waals surface area contributed by atoms with Crippen LogP contribution in [0.3, 0.4) is 0 Å². The van der Waals surface area contributed by atoms with Crippen molar-refractivity contribution in [3.05, 3.63) is 47.5 Å². The smallest absolute Gasteiger partial charge is 0.248 e. The van der Waals surface area contributed by atoms with E-state index in [2.05, 4.69) is 20.7 Å². The Morgan fingerprint density at radius 2 is 1.89 bits per heavy atom. The number of fused-ring (bicyclic) bond motifs is 1. The van der Waals surface area contributed by atoms with Crippen molar-refractivity contribution in [2.24, 2.45) is 0 Å². The summed E-state index contributed by atoms with van der Waals surface area (Å²) in [5, 5.41) is 15.5. The molecule has 0 aliphatic carbocycles. The van der Waals surface area contributed by atoms with Crippen LogP contribution in [0.4, 0.5) is 5.69 Å². The Hall–Kier alpha value is -3.13. The Labute approximate surface area is 160 Å². The number of ether oxygens (including phenoxy) is 2. The van der Waals surface area contributed by atoms with Gasteiger partial charge in [0.1, 0.15) is 6.54 Å². The highest BCUT2D eigenvalue weighted by Crippen LogP contribution is 2.32. The molecule has 0 saturated heterocycles. The number of hydrogen-bond acceptors (Lipinski definition) is 6. The van der Waals surface area contributed by atoms with Gasteiger partial charge in [-0.2, -0.15) is 4.80 Å². The molecule has 0 fully saturated rings. The summed E-state index contributed by atoms with van der Waals surface area (Å²) in [4.78, 5) is 13.5. The van der Waals surface area contributed by atoms with E-state index in [1.807, 2.05) is 0 Å². The van der Waals surface area contributed by atoms with E-state index in [0.29, 0.717) is 41.2 Å². The number of nitrogens with zero attached hydrogens (tertiary/aromatic N) is 4. The van der Waals surface area contributed by atoms with E-state index >= 15 is 0 Å². The standard InChI is InChI=1S/C18H16ClN5O3/c19-13-4-2-12(3-5-13)18-21-23-24(22-18)11-17(25)20-14-6-7-15-16(10-14)27-9-1-8-26-15/h2-7,10H,1,8-9,11H2,(H,20,25). The molecule has 0 bridgehead atoms. The summed E-state index contributed by atoms with van der Waals surface area (Å²) in [5.41, 5.74) is 1.39. The molecule has 27 heavy (non-hydrogen) atoms. The van der Waals surface area contributed by atoms with Crippen LogP contribution in [-0.4, -0.2) is 39.3 Å². The molecule has 1 aliphatic rings. The number of tetrazole rings is 1. The second-order valence-electron chi connectivity index (χ2n) is 5.91. The number of carbonyl (C=O) groups excluding carboxylic acids is 1. The maximum absolute atomic E-state index is 12.3. The molecule has 0 saturated carbocycles. The van der Waals surface area contributed by atoms with Gasteiger partial charge in [-0.25, -0.2) is 0 Å². The lowest BCUT2D eigenvalue weighted by atomic mass is 10.2. The van der Waals surface area contributed by atoms with E-state index in [9.17, 15) is 4.79 Å². The van der Waals surface area contributed by atoms with Crippen LogP contribution in [0.1, 0.15) is 6.42 Å². The van der Waals surface area contributed by atoms with Crippen molar-refractivity contribution in [3.63, 3.8) is 0 Å². The molecule has 4 rings (SSSR count). The van der Waals surface area contributed by atoms with Crippen molar-refractivity contribution in [3.8, 4) is 22.9 Å². The van der Waals surface area contributed by atoms with Gasteiger partial charge < -0.3 is 14.8 Å². The van der Waals surface area contributed by atoms with Crippen molar-refractivity contribution < 1.29 is 14.3 Å². The third-order valence-corrected chi connectivity index (χ3v) is 4.12. The summed E-state index contributed by atoms with van der Waals surface area (Å²) in [5.74, 6) is 1.45. The number of rotatable bonds is 4. The molecule has 138 valence electrons. The Morgan fingerprint density at radius 3 is 2.70 bits per heavy atom. The average molecular weight is 386 g/mol. The molecular weight excluding hydrogens is 370 g/mol. The molecule has 8 nitrogen and oxygen atoms in total. The van der Waals surface area contributed by atoms with Crippen molar-refractivity contribution in [2.45, 2.75) is 13.0 Å². The van der Waals surface area contributed by atoms with E-state index in [1.54, 1.807) is 42.5 Å². The fraction of sp³-hybridized carbons (Fsp3) is 0.222. The van der Waals surface area contributed by atoms with Crippen molar-refractivity contribution in [2.75, 3.05) is 18.5 Å². The van der Waals surface area contributed by atoms with Gasteiger partial charge in [0.15, 0.2) is 11.5 Å². The van der Waals surface area contributed by atoms with Crippen LogP contribution in [0.15, 0.2) is 42.5 Å². The first-order chi connectivity index (χ1) is 13.2. The summed E-state index contributed by atoms with van der Waals surface area (Å²) in [6, 6.07) is 12.4. The molecule has 0 radical (unpaired) electrons. The summed E-state index contributed by atoms with van der Waals surface area (Å²) in [7, 11) is 0. The first-order valence-electron chi connectivity index (χ1n) is 8.41. The van der Waals surface area contributed by atoms with E-state index in [4.69, 9.17) is 21.1 Å². The quantitative estimate of drug-likeness (QED) is 0.742. The van der Waals surface area contributed by atoms with E-state index in [0.717, 1.165) is 12.0 Å². The molecule has 1 aliphatic heterocycles. The minimum absolute atomic E-state index is 0.0605. The van der Waals surface area contributed by atoms with Gasteiger partial charge in [0.25, 0.3) is 0 Å². The first kappa shape index (κ1) is 17.3. The van der Waals surface area contributed by atoms with Crippen LogP contribution >= 0.6 is 11.6 Å². The molecule has 2 aromatic carbocycles. The second-order valence-corrected chi connectivity index (χ2v) is 6.35. The molecule has 0 spiro atoms. The predicted molar refractivity (Wildman–Crippen MR) is 98.9 cm³/mol. The number of carbonyl (C=O) groups is 1. The zero-order valence-corrected chi connectivity index (χ0v) is 15.0. The fourth-order valence-electron chi connectivity index (χ4n) is 2.59. The summed E-state index contributed by atoms with van der Waals surface area (Å²) >= 11 is 5.87. The summed E-state index contributed by atoms with van der Waals surface area (Å²) in [6.45, 7) is 1.14. The van der Waals surface area contributed by atoms with Gasteiger partial charge in [0.2, 0.25) is 11.7 Å². The highest BCUT2D eigenvalue weighted by atomic mass is 35.5. The average Bonchev–Trinajstić information content (AvgIpc) is 2.99. The van der Waals surface area contributed by atoms with Gasteiger partial charge in [-0.3, -0.25) is 4.79 Å². The Bertz CT molecular complexity index is 958. The number of aromatic nitrogens is 4. The summed E-state index contributed by atoms with van der Waals surface area (Å²) < 4.78 is 11.2. The Kier molecular flexibility index (Phi) is 4.88. The fourth-order valence-corrected chi connectivity index (χ4v) is 2.72. The number of halogens is 1. The molecule has 1 N–H and O–H groups in total. The van der Waals surface area contributed by atoms with Crippen molar-refractivity contribution in [1.82, 2.24) is 20.2 Å². The lowest BCUT2D eigenvalue weighted by Crippen LogP contribution is -2.20. The largest absolute Gasteiger partial charge is 0.490 e. The SMILES string of the molecule is O=C(Cn1nnc(-c2ccc(Cl)cc2)n1)Nc1ccc2c(c1)OCCCO2. The van der Waals surface area contributed by atoms with Gasteiger partial charge in [-0.15, -0.1) is 10.2 Å². The first-order valence-corrected chi connectivity index (χ1v) is 8.78. The van der Waals surface area contributed by atoms with E-state index in [1.165, 1.54) is 4.80 Å². The van der Waals surface area contributed by atoms with Crippen LogP contribution in [0, 0.1) is 0 Å². The molecule has 0 atom stereocenters. The second kappa shape index (κ2) is 7.63. The molecule has 0 unspecified atom stereocenters.